The van der Waals surface area contributed by atoms with Crippen LogP contribution in [-0.4, -0.2) is 41.4 Å². The van der Waals surface area contributed by atoms with E-state index in [1.54, 1.807) is 13.8 Å². The van der Waals surface area contributed by atoms with Gasteiger partial charge in [0.1, 0.15) is 6.10 Å². The van der Waals surface area contributed by atoms with Crippen LogP contribution in [0.15, 0.2) is 0 Å². The molecule has 0 spiro atoms. The standard InChI is InChI=1S/C8H16O4/c1-8(2)11-5-6(10)7(12-8)3-4-9/h6-7,9-10H,3-5H2,1-2H3/t6-,7-/m1/s1. The van der Waals surface area contributed by atoms with Gasteiger partial charge in [0, 0.05) is 6.61 Å². The number of ether oxygens (including phenoxy) is 2. The SMILES string of the molecule is CC1(C)OC[C@@H](O)[C@@H](CCO)O1. The highest BCUT2D eigenvalue weighted by atomic mass is 16.7. The molecule has 12 heavy (non-hydrogen) atoms. The van der Waals surface area contributed by atoms with Crippen molar-refractivity contribution >= 4 is 0 Å². The Hall–Kier alpha value is -0.160. The molecule has 4 nitrogen and oxygen atoms in total. The summed E-state index contributed by atoms with van der Waals surface area (Å²) in [4.78, 5) is 0. The van der Waals surface area contributed by atoms with Crippen LogP contribution in [-0.2, 0) is 9.47 Å². The zero-order chi connectivity index (χ0) is 9.19. The van der Waals surface area contributed by atoms with E-state index in [-0.39, 0.29) is 19.3 Å². The van der Waals surface area contributed by atoms with Crippen LogP contribution in [0.4, 0.5) is 0 Å². The molecule has 0 radical (unpaired) electrons. The predicted octanol–water partition coefficient (Wildman–Crippen LogP) is -0.119. The second-order valence-corrected chi connectivity index (χ2v) is 3.45. The fourth-order valence-electron chi connectivity index (χ4n) is 1.25. The van der Waals surface area contributed by atoms with Gasteiger partial charge in [-0.25, -0.2) is 0 Å². The number of hydrogen-bond donors (Lipinski definition) is 2. The Labute approximate surface area is 72.1 Å². The van der Waals surface area contributed by atoms with Crippen molar-refractivity contribution in [2.45, 2.75) is 38.3 Å². The molecule has 0 saturated carbocycles. The van der Waals surface area contributed by atoms with Crippen LogP contribution in [0.1, 0.15) is 20.3 Å². The third-order valence-electron chi connectivity index (χ3n) is 1.88. The second kappa shape index (κ2) is 3.70. The zero-order valence-electron chi connectivity index (χ0n) is 7.49. The van der Waals surface area contributed by atoms with Gasteiger partial charge in [0.2, 0.25) is 0 Å². The molecule has 1 saturated heterocycles. The largest absolute Gasteiger partial charge is 0.396 e. The number of hydrogen-bond acceptors (Lipinski definition) is 4. The molecule has 0 bridgehead atoms. The van der Waals surface area contributed by atoms with Crippen LogP contribution >= 0.6 is 0 Å². The minimum atomic E-state index is -0.640. The van der Waals surface area contributed by atoms with Crippen LogP contribution in [0, 0.1) is 0 Å². The van der Waals surface area contributed by atoms with E-state index in [4.69, 9.17) is 14.6 Å². The van der Waals surface area contributed by atoms with Gasteiger partial charge in [-0.3, -0.25) is 0 Å². The summed E-state index contributed by atoms with van der Waals surface area (Å²) in [5.74, 6) is -0.640. The fourth-order valence-corrected chi connectivity index (χ4v) is 1.25. The molecular weight excluding hydrogens is 160 g/mol. The molecule has 0 aromatic carbocycles. The van der Waals surface area contributed by atoms with Crippen molar-refractivity contribution in [2.75, 3.05) is 13.2 Å². The Kier molecular flexibility index (Phi) is 3.06. The summed E-state index contributed by atoms with van der Waals surface area (Å²) in [7, 11) is 0. The van der Waals surface area contributed by atoms with Crippen LogP contribution in [0.2, 0.25) is 0 Å². The third-order valence-corrected chi connectivity index (χ3v) is 1.88. The molecule has 0 aromatic rings. The molecular formula is C8H16O4. The maximum atomic E-state index is 9.37. The topological polar surface area (TPSA) is 58.9 Å². The average molecular weight is 176 g/mol. The first-order chi connectivity index (χ1) is 5.55. The monoisotopic (exact) mass is 176 g/mol. The molecule has 2 N–H and O–H groups in total. The van der Waals surface area contributed by atoms with Gasteiger partial charge in [0.05, 0.1) is 12.7 Å². The van der Waals surface area contributed by atoms with E-state index >= 15 is 0 Å². The van der Waals surface area contributed by atoms with Gasteiger partial charge >= 0.3 is 0 Å². The molecule has 2 atom stereocenters. The molecule has 0 amide bonds. The van der Waals surface area contributed by atoms with E-state index in [1.807, 2.05) is 0 Å². The molecule has 0 aromatic heterocycles. The lowest BCUT2D eigenvalue weighted by Crippen LogP contribution is -2.48. The molecule has 4 heteroatoms. The first-order valence-corrected chi connectivity index (χ1v) is 4.16. The summed E-state index contributed by atoms with van der Waals surface area (Å²) >= 11 is 0. The molecule has 1 fully saturated rings. The minimum absolute atomic E-state index is 0.0256. The van der Waals surface area contributed by atoms with Crippen molar-refractivity contribution < 1.29 is 19.7 Å². The normalized spacial score (nSPS) is 35.0. The molecule has 72 valence electrons. The van der Waals surface area contributed by atoms with E-state index in [9.17, 15) is 5.11 Å². The highest BCUT2D eigenvalue weighted by Gasteiger charge is 2.34. The maximum absolute atomic E-state index is 9.37. The third kappa shape index (κ3) is 2.42. The fraction of sp³-hybridized carbons (Fsp3) is 1.00. The highest BCUT2D eigenvalue weighted by molar-refractivity contribution is 4.76. The van der Waals surface area contributed by atoms with Crippen molar-refractivity contribution in [3.8, 4) is 0 Å². The van der Waals surface area contributed by atoms with Gasteiger partial charge < -0.3 is 19.7 Å². The summed E-state index contributed by atoms with van der Waals surface area (Å²) < 4.78 is 10.6. The van der Waals surface area contributed by atoms with Crippen molar-refractivity contribution in [2.24, 2.45) is 0 Å². The Bertz CT molecular complexity index is 146. The maximum Gasteiger partial charge on any atom is 0.163 e. The van der Waals surface area contributed by atoms with Gasteiger partial charge in [0.25, 0.3) is 0 Å². The van der Waals surface area contributed by atoms with Crippen molar-refractivity contribution in [3.05, 3.63) is 0 Å². The summed E-state index contributed by atoms with van der Waals surface area (Å²) in [5, 5.41) is 18.0. The van der Waals surface area contributed by atoms with Crippen molar-refractivity contribution in [1.29, 1.82) is 0 Å². The van der Waals surface area contributed by atoms with E-state index in [0.717, 1.165) is 0 Å². The van der Waals surface area contributed by atoms with E-state index in [2.05, 4.69) is 0 Å². The van der Waals surface area contributed by atoms with Gasteiger partial charge in [-0.15, -0.1) is 0 Å². The van der Waals surface area contributed by atoms with Crippen molar-refractivity contribution in [1.82, 2.24) is 0 Å². The van der Waals surface area contributed by atoms with E-state index in [1.165, 1.54) is 0 Å². The Balaban J connectivity index is 2.47. The van der Waals surface area contributed by atoms with Crippen LogP contribution in [0.5, 0.6) is 0 Å². The summed E-state index contributed by atoms with van der Waals surface area (Å²) in [6, 6.07) is 0. The zero-order valence-corrected chi connectivity index (χ0v) is 7.49. The number of aliphatic hydroxyl groups excluding tert-OH is 2. The Morgan fingerprint density at radius 3 is 2.75 bits per heavy atom. The number of aliphatic hydroxyl groups is 2. The lowest BCUT2D eigenvalue weighted by Gasteiger charge is -2.38. The second-order valence-electron chi connectivity index (χ2n) is 3.45. The summed E-state index contributed by atoms with van der Waals surface area (Å²) in [6.45, 7) is 3.89. The van der Waals surface area contributed by atoms with Gasteiger partial charge in [-0.05, 0) is 20.3 Å². The summed E-state index contributed by atoms with van der Waals surface area (Å²) in [5.41, 5.74) is 0. The molecule has 0 aliphatic carbocycles. The lowest BCUT2D eigenvalue weighted by molar-refractivity contribution is -0.305. The van der Waals surface area contributed by atoms with Gasteiger partial charge in [-0.1, -0.05) is 0 Å². The molecule has 0 unspecified atom stereocenters. The van der Waals surface area contributed by atoms with Crippen LogP contribution in [0.3, 0.4) is 0 Å². The lowest BCUT2D eigenvalue weighted by atomic mass is 10.1. The minimum Gasteiger partial charge on any atom is -0.396 e. The van der Waals surface area contributed by atoms with Gasteiger partial charge in [0.15, 0.2) is 5.79 Å². The van der Waals surface area contributed by atoms with Crippen molar-refractivity contribution in [3.63, 3.8) is 0 Å². The molecule has 1 heterocycles. The van der Waals surface area contributed by atoms with E-state index in [0.29, 0.717) is 6.42 Å². The molecule has 1 aliphatic rings. The van der Waals surface area contributed by atoms with Crippen LogP contribution in [0.25, 0.3) is 0 Å². The molecule has 1 rings (SSSR count). The predicted molar refractivity (Wildman–Crippen MR) is 42.6 cm³/mol. The molecule has 1 aliphatic heterocycles. The first kappa shape index (κ1) is 9.92. The smallest absolute Gasteiger partial charge is 0.163 e. The van der Waals surface area contributed by atoms with E-state index < -0.39 is 11.9 Å². The Morgan fingerprint density at radius 1 is 1.50 bits per heavy atom. The average Bonchev–Trinajstić information content (AvgIpc) is 1.97. The van der Waals surface area contributed by atoms with Gasteiger partial charge in [-0.2, -0.15) is 0 Å². The highest BCUT2D eigenvalue weighted by Crippen LogP contribution is 2.23. The number of rotatable bonds is 2. The summed E-state index contributed by atoms with van der Waals surface area (Å²) in [6.07, 6.45) is -0.475. The van der Waals surface area contributed by atoms with Crippen LogP contribution < -0.4 is 0 Å². The quantitative estimate of drug-likeness (QED) is 0.616. The first-order valence-electron chi connectivity index (χ1n) is 4.16. The Morgan fingerprint density at radius 2 is 2.17 bits per heavy atom.